The molecule has 3 heteroatoms. The van der Waals surface area contributed by atoms with Gasteiger partial charge in [-0.3, -0.25) is 4.90 Å². The number of ether oxygens (including phenoxy) is 1. The Morgan fingerprint density at radius 3 is 2.69 bits per heavy atom. The molecule has 1 unspecified atom stereocenters. The minimum Gasteiger partial charge on any atom is -0.380 e. The van der Waals surface area contributed by atoms with Crippen LogP contribution in [0.2, 0.25) is 0 Å². The highest BCUT2D eigenvalue weighted by atomic mass is 16.5. The van der Waals surface area contributed by atoms with Gasteiger partial charge >= 0.3 is 0 Å². The Kier molecular flexibility index (Phi) is 2.82. The number of hydrogen-bond acceptors (Lipinski definition) is 3. The van der Waals surface area contributed by atoms with Gasteiger partial charge in [-0.2, -0.15) is 5.26 Å². The van der Waals surface area contributed by atoms with Crippen molar-refractivity contribution in [2.45, 2.75) is 37.8 Å². The molecule has 13 heavy (non-hydrogen) atoms. The average molecular weight is 180 g/mol. The van der Waals surface area contributed by atoms with Crippen molar-refractivity contribution in [3.8, 4) is 6.07 Å². The minimum atomic E-state index is 0.598. The van der Waals surface area contributed by atoms with Gasteiger partial charge in [0.2, 0.25) is 0 Å². The first-order valence-corrected chi connectivity index (χ1v) is 5.12. The molecule has 2 rings (SSSR count). The lowest BCUT2D eigenvalue weighted by Crippen LogP contribution is -2.38. The monoisotopic (exact) mass is 180 g/mol. The molecule has 0 N–H and O–H groups in total. The largest absolute Gasteiger partial charge is 0.380 e. The van der Waals surface area contributed by atoms with Crippen molar-refractivity contribution in [1.29, 1.82) is 5.26 Å². The van der Waals surface area contributed by atoms with E-state index in [4.69, 9.17) is 10.00 Å². The van der Waals surface area contributed by atoms with Gasteiger partial charge in [-0.15, -0.1) is 0 Å². The van der Waals surface area contributed by atoms with Crippen LogP contribution in [0, 0.1) is 11.3 Å². The zero-order chi connectivity index (χ0) is 9.10. The van der Waals surface area contributed by atoms with Crippen LogP contribution in [-0.4, -0.2) is 36.7 Å². The van der Waals surface area contributed by atoms with Crippen molar-refractivity contribution >= 4 is 0 Å². The number of nitrogens with zero attached hydrogens (tertiary/aromatic N) is 2. The molecule has 72 valence electrons. The van der Waals surface area contributed by atoms with Crippen molar-refractivity contribution < 1.29 is 4.74 Å². The molecule has 2 fully saturated rings. The van der Waals surface area contributed by atoms with Crippen LogP contribution in [0.15, 0.2) is 0 Å². The molecule has 1 heterocycles. The predicted molar refractivity (Wildman–Crippen MR) is 49.2 cm³/mol. The van der Waals surface area contributed by atoms with E-state index in [1.165, 1.54) is 12.8 Å². The van der Waals surface area contributed by atoms with Gasteiger partial charge in [-0.05, 0) is 19.3 Å². The molecule has 0 aromatic carbocycles. The van der Waals surface area contributed by atoms with Crippen LogP contribution in [-0.2, 0) is 4.74 Å². The number of nitriles is 1. The Hall–Kier alpha value is -0.590. The Morgan fingerprint density at radius 2 is 2.15 bits per heavy atom. The second-order valence-corrected chi connectivity index (χ2v) is 3.89. The third kappa shape index (κ3) is 2.20. The lowest BCUT2D eigenvalue weighted by atomic mass is 10.2. The molecule has 1 atom stereocenters. The predicted octanol–water partition coefficient (Wildman–Crippen LogP) is 1.15. The molecule has 1 aliphatic carbocycles. The molecule has 3 nitrogen and oxygen atoms in total. The maximum Gasteiger partial charge on any atom is 0.0635 e. The van der Waals surface area contributed by atoms with Crippen LogP contribution in [0.5, 0.6) is 0 Å². The molecular weight excluding hydrogens is 164 g/mol. The highest BCUT2D eigenvalue weighted by Crippen LogP contribution is 2.30. The summed E-state index contributed by atoms with van der Waals surface area (Å²) in [5.74, 6) is 0. The summed E-state index contributed by atoms with van der Waals surface area (Å²) < 4.78 is 5.37. The summed E-state index contributed by atoms with van der Waals surface area (Å²) in [5.41, 5.74) is 0. The average Bonchev–Trinajstić information content (AvgIpc) is 2.82. The minimum absolute atomic E-state index is 0.598. The smallest absolute Gasteiger partial charge is 0.0635 e. The molecular formula is C10H16N2O. The van der Waals surface area contributed by atoms with E-state index in [9.17, 15) is 0 Å². The van der Waals surface area contributed by atoms with Crippen molar-refractivity contribution in [3.63, 3.8) is 0 Å². The van der Waals surface area contributed by atoms with E-state index < -0.39 is 0 Å². The summed E-state index contributed by atoms with van der Waals surface area (Å²) >= 11 is 0. The fraction of sp³-hybridized carbons (Fsp3) is 0.900. The van der Waals surface area contributed by atoms with E-state index in [1.807, 2.05) is 0 Å². The lowest BCUT2D eigenvalue weighted by Gasteiger charge is -2.26. The Labute approximate surface area is 79.3 Å². The quantitative estimate of drug-likeness (QED) is 0.651. The lowest BCUT2D eigenvalue weighted by molar-refractivity contribution is 0.140. The molecule has 1 aliphatic heterocycles. The SMILES string of the molecule is N#CCCN(C1CC1)C1CCOC1. The Bertz CT molecular complexity index is 201. The highest BCUT2D eigenvalue weighted by molar-refractivity contribution is 4.91. The van der Waals surface area contributed by atoms with E-state index in [-0.39, 0.29) is 0 Å². The van der Waals surface area contributed by atoms with E-state index in [2.05, 4.69) is 11.0 Å². The van der Waals surface area contributed by atoms with Gasteiger partial charge in [0.25, 0.3) is 0 Å². The van der Waals surface area contributed by atoms with E-state index >= 15 is 0 Å². The molecule has 0 amide bonds. The Morgan fingerprint density at radius 1 is 1.31 bits per heavy atom. The second kappa shape index (κ2) is 4.08. The molecule has 0 aromatic rings. The van der Waals surface area contributed by atoms with E-state index in [0.717, 1.165) is 32.2 Å². The fourth-order valence-corrected chi connectivity index (χ4v) is 2.03. The van der Waals surface area contributed by atoms with Gasteiger partial charge in [-0.25, -0.2) is 0 Å². The van der Waals surface area contributed by atoms with Gasteiger partial charge < -0.3 is 4.74 Å². The number of hydrogen-bond donors (Lipinski definition) is 0. The third-order valence-corrected chi connectivity index (χ3v) is 2.87. The normalized spacial score (nSPS) is 27.8. The van der Waals surface area contributed by atoms with Gasteiger partial charge in [0, 0.05) is 31.7 Å². The fourth-order valence-electron chi connectivity index (χ4n) is 2.03. The van der Waals surface area contributed by atoms with Crippen molar-refractivity contribution in [3.05, 3.63) is 0 Å². The van der Waals surface area contributed by atoms with E-state index in [0.29, 0.717) is 12.5 Å². The molecule has 1 saturated heterocycles. The van der Waals surface area contributed by atoms with Crippen LogP contribution < -0.4 is 0 Å². The van der Waals surface area contributed by atoms with Crippen molar-refractivity contribution in [1.82, 2.24) is 4.90 Å². The first-order valence-electron chi connectivity index (χ1n) is 5.12. The molecule has 0 bridgehead atoms. The molecule has 0 aromatic heterocycles. The van der Waals surface area contributed by atoms with Crippen LogP contribution in [0.25, 0.3) is 0 Å². The van der Waals surface area contributed by atoms with Gasteiger partial charge in [0.05, 0.1) is 12.7 Å². The van der Waals surface area contributed by atoms with Crippen LogP contribution in [0.1, 0.15) is 25.7 Å². The molecule has 1 saturated carbocycles. The van der Waals surface area contributed by atoms with E-state index in [1.54, 1.807) is 0 Å². The first kappa shape index (κ1) is 8.98. The van der Waals surface area contributed by atoms with Crippen LogP contribution in [0.4, 0.5) is 0 Å². The summed E-state index contributed by atoms with van der Waals surface area (Å²) in [5, 5.41) is 8.55. The van der Waals surface area contributed by atoms with Crippen LogP contribution in [0.3, 0.4) is 0 Å². The van der Waals surface area contributed by atoms with Crippen molar-refractivity contribution in [2.24, 2.45) is 0 Å². The summed E-state index contributed by atoms with van der Waals surface area (Å²) in [6, 6.07) is 3.58. The first-order chi connectivity index (χ1) is 6.42. The topological polar surface area (TPSA) is 36.3 Å². The summed E-state index contributed by atoms with van der Waals surface area (Å²) in [7, 11) is 0. The molecule has 2 aliphatic rings. The third-order valence-electron chi connectivity index (χ3n) is 2.87. The molecule has 0 spiro atoms. The zero-order valence-corrected chi connectivity index (χ0v) is 7.91. The maximum absolute atomic E-state index is 8.55. The zero-order valence-electron chi connectivity index (χ0n) is 7.91. The van der Waals surface area contributed by atoms with Crippen molar-refractivity contribution in [2.75, 3.05) is 19.8 Å². The summed E-state index contributed by atoms with van der Waals surface area (Å²) in [6.07, 6.45) is 4.46. The number of rotatable bonds is 4. The maximum atomic E-state index is 8.55. The summed E-state index contributed by atoms with van der Waals surface area (Å²) in [4.78, 5) is 2.48. The second-order valence-electron chi connectivity index (χ2n) is 3.89. The van der Waals surface area contributed by atoms with Gasteiger partial charge in [0.15, 0.2) is 0 Å². The van der Waals surface area contributed by atoms with Crippen LogP contribution >= 0.6 is 0 Å². The standard InChI is InChI=1S/C10H16N2O/c11-5-1-6-12(9-2-3-9)10-4-7-13-8-10/h9-10H,1-4,6-8H2. The Balaban J connectivity index is 1.84. The van der Waals surface area contributed by atoms with Gasteiger partial charge in [-0.1, -0.05) is 0 Å². The van der Waals surface area contributed by atoms with Gasteiger partial charge in [0.1, 0.15) is 0 Å². The highest BCUT2D eigenvalue weighted by Gasteiger charge is 2.34. The molecule has 0 radical (unpaired) electrons. The summed E-state index contributed by atoms with van der Waals surface area (Å²) in [6.45, 7) is 2.72.